The molecule has 138 valence electrons. The Labute approximate surface area is 160 Å². The molecule has 0 fully saturated rings. The number of rotatable bonds is 3. The Morgan fingerprint density at radius 2 is 2.11 bits per heavy atom. The fourth-order valence-electron chi connectivity index (χ4n) is 3.78. The van der Waals surface area contributed by atoms with Gasteiger partial charge < -0.3 is 4.74 Å². The molecule has 0 aliphatic carbocycles. The van der Waals surface area contributed by atoms with Crippen LogP contribution in [0.3, 0.4) is 0 Å². The maximum absolute atomic E-state index is 13.5. The van der Waals surface area contributed by atoms with Gasteiger partial charge in [-0.3, -0.25) is 13.8 Å². The lowest BCUT2D eigenvalue weighted by Crippen LogP contribution is -2.28. The van der Waals surface area contributed by atoms with Crippen LogP contribution in [0.15, 0.2) is 41.5 Å². The summed E-state index contributed by atoms with van der Waals surface area (Å²) in [6.07, 6.45) is 2.62. The second-order valence-electron chi connectivity index (χ2n) is 7.36. The minimum absolute atomic E-state index is 0.0104. The van der Waals surface area contributed by atoms with Gasteiger partial charge in [0.15, 0.2) is 0 Å². The Morgan fingerprint density at radius 3 is 2.89 bits per heavy atom. The average molecular weight is 380 g/mol. The first-order valence-corrected chi connectivity index (χ1v) is 9.97. The molecule has 0 N–H and O–H groups in total. The molecule has 27 heavy (non-hydrogen) atoms. The Hall–Kier alpha value is -2.51. The molecular formula is C20H20N4O2S. The monoisotopic (exact) mass is 380 g/mol. The van der Waals surface area contributed by atoms with Crippen LogP contribution in [-0.4, -0.2) is 25.3 Å². The number of benzene rings is 1. The van der Waals surface area contributed by atoms with E-state index >= 15 is 0 Å². The normalized spacial score (nSPS) is 17.1. The fraction of sp³-hybridized carbons (Fsp3) is 0.350. The van der Waals surface area contributed by atoms with Crippen LogP contribution in [0.25, 0.3) is 16.0 Å². The molecule has 1 atom stereocenters. The van der Waals surface area contributed by atoms with E-state index in [-0.39, 0.29) is 11.7 Å². The molecule has 3 aromatic heterocycles. The van der Waals surface area contributed by atoms with E-state index in [1.807, 2.05) is 34.7 Å². The highest BCUT2D eigenvalue weighted by Crippen LogP contribution is 2.36. The molecule has 6 nitrogen and oxygen atoms in total. The summed E-state index contributed by atoms with van der Waals surface area (Å²) in [4.78, 5) is 15.6. The number of hydrogen-bond donors (Lipinski definition) is 0. The third kappa shape index (κ3) is 2.61. The van der Waals surface area contributed by atoms with Crippen molar-refractivity contribution < 1.29 is 4.74 Å². The Bertz CT molecular complexity index is 1190. The maximum atomic E-state index is 13.5. The lowest BCUT2D eigenvalue weighted by atomic mass is 9.96. The molecule has 0 amide bonds. The lowest BCUT2D eigenvalue weighted by molar-refractivity contribution is 0.00200. The van der Waals surface area contributed by atoms with E-state index in [2.05, 4.69) is 24.0 Å². The molecule has 1 aromatic carbocycles. The summed E-state index contributed by atoms with van der Waals surface area (Å²) in [5.41, 5.74) is 2.22. The van der Waals surface area contributed by atoms with Gasteiger partial charge in [-0.1, -0.05) is 44.2 Å². The van der Waals surface area contributed by atoms with Gasteiger partial charge in [-0.05, 0) is 17.0 Å². The molecule has 4 aromatic rings. The Kier molecular flexibility index (Phi) is 3.87. The van der Waals surface area contributed by atoms with Crippen molar-refractivity contribution in [1.29, 1.82) is 0 Å². The molecule has 0 bridgehead atoms. The molecule has 1 aliphatic rings. The summed E-state index contributed by atoms with van der Waals surface area (Å²) < 4.78 is 9.69. The van der Waals surface area contributed by atoms with Crippen molar-refractivity contribution in [2.75, 3.05) is 0 Å². The molecule has 0 spiro atoms. The molecule has 0 radical (unpaired) electrons. The second kappa shape index (κ2) is 6.28. The van der Waals surface area contributed by atoms with Crippen molar-refractivity contribution in [2.45, 2.75) is 39.5 Å². The van der Waals surface area contributed by atoms with Gasteiger partial charge >= 0.3 is 0 Å². The fourth-order valence-corrected chi connectivity index (χ4v) is 4.99. The standard InChI is InChI=1S/C20H20N4O2S/c1-12(2)15-8-14-16(10-26-15)27-19-17(14)18(25)23(20-22-21-11-24(19)20)9-13-6-4-3-5-7-13/h3-7,11-12,15H,8-10H2,1-2H3/t15-/m1/s1. The molecule has 0 saturated heterocycles. The predicted molar refractivity (Wildman–Crippen MR) is 105 cm³/mol. The first-order chi connectivity index (χ1) is 13.1. The summed E-state index contributed by atoms with van der Waals surface area (Å²) >= 11 is 1.62. The van der Waals surface area contributed by atoms with Crippen molar-refractivity contribution in [2.24, 2.45) is 5.92 Å². The highest BCUT2D eigenvalue weighted by Gasteiger charge is 2.28. The van der Waals surface area contributed by atoms with Crippen LogP contribution in [0.1, 0.15) is 29.9 Å². The molecule has 4 heterocycles. The van der Waals surface area contributed by atoms with Gasteiger partial charge in [0.1, 0.15) is 11.2 Å². The maximum Gasteiger partial charge on any atom is 0.264 e. The van der Waals surface area contributed by atoms with E-state index in [0.29, 0.717) is 24.8 Å². The number of aromatic nitrogens is 4. The van der Waals surface area contributed by atoms with Gasteiger partial charge in [-0.2, -0.15) is 0 Å². The minimum atomic E-state index is 0.0104. The third-order valence-corrected chi connectivity index (χ3v) is 6.49. The van der Waals surface area contributed by atoms with E-state index in [1.54, 1.807) is 22.2 Å². The van der Waals surface area contributed by atoms with Crippen molar-refractivity contribution in [3.63, 3.8) is 0 Å². The van der Waals surface area contributed by atoms with Crippen molar-refractivity contribution in [3.05, 3.63) is 63.0 Å². The average Bonchev–Trinajstić information content (AvgIpc) is 3.30. The number of ether oxygens (including phenoxy) is 1. The Morgan fingerprint density at radius 1 is 1.30 bits per heavy atom. The van der Waals surface area contributed by atoms with E-state index in [1.165, 1.54) is 0 Å². The summed E-state index contributed by atoms with van der Waals surface area (Å²) in [5.74, 6) is 0.995. The molecule has 1 aliphatic heterocycles. The highest BCUT2D eigenvalue weighted by atomic mass is 32.1. The summed E-state index contributed by atoms with van der Waals surface area (Å²) in [6, 6.07) is 9.99. The van der Waals surface area contributed by atoms with Crippen LogP contribution in [0.5, 0.6) is 0 Å². The van der Waals surface area contributed by atoms with Crippen LogP contribution in [-0.2, 0) is 24.3 Å². The Balaban J connectivity index is 1.76. The SMILES string of the molecule is CC(C)[C@H]1Cc2c(sc3c2c(=O)n(Cc2ccccc2)c2nncn32)CO1. The zero-order chi connectivity index (χ0) is 18.5. The molecule has 0 unspecified atom stereocenters. The highest BCUT2D eigenvalue weighted by molar-refractivity contribution is 7.18. The molecular weight excluding hydrogens is 360 g/mol. The van der Waals surface area contributed by atoms with E-state index < -0.39 is 0 Å². The zero-order valence-electron chi connectivity index (χ0n) is 15.3. The summed E-state index contributed by atoms with van der Waals surface area (Å²) in [6.45, 7) is 5.37. The zero-order valence-corrected chi connectivity index (χ0v) is 16.1. The van der Waals surface area contributed by atoms with E-state index in [9.17, 15) is 4.79 Å². The van der Waals surface area contributed by atoms with E-state index in [0.717, 1.165) is 32.6 Å². The predicted octanol–water partition coefficient (Wildman–Crippen LogP) is 3.25. The molecule has 5 rings (SSSR count). The van der Waals surface area contributed by atoms with Crippen molar-refractivity contribution in [3.8, 4) is 0 Å². The quantitative estimate of drug-likeness (QED) is 0.547. The van der Waals surface area contributed by atoms with Crippen molar-refractivity contribution >= 4 is 27.3 Å². The summed E-state index contributed by atoms with van der Waals surface area (Å²) in [5, 5.41) is 9.10. The minimum Gasteiger partial charge on any atom is -0.372 e. The van der Waals surface area contributed by atoms with Gasteiger partial charge in [0.05, 0.1) is 24.6 Å². The van der Waals surface area contributed by atoms with Crippen LogP contribution in [0.2, 0.25) is 0 Å². The topological polar surface area (TPSA) is 61.4 Å². The first kappa shape index (κ1) is 16.6. The van der Waals surface area contributed by atoms with Crippen LogP contribution in [0.4, 0.5) is 0 Å². The lowest BCUT2D eigenvalue weighted by Gasteiger charge is -2.26. The third-order valence-electron chi connectivity index (χ3n) is 5.28. The van der Waals surface area contributed by atoms with Crippen LogP contribution < -0.4 is 5.56 Å². The van der Waals surface area contributed by atoms with Gasteiger partial charge in [0.2, 0.25) is 5.78 Å². The van der Waals surface area contributed by atoms with Crippen LogP contribution in [0, 0.1) is 5.92 Å². The number of nitrogens with zero attached hydrogens (tertiary/aromatic N) is 4. The molecule has 7 heteroatoms. The van der Waals surface area contributed by atoms with Gasteiger partial charge in [-0.15, -0.1) is 21.5 Å². The number of fused-ring (bicyclic) bond motifs is 5. The summed E-state index contributed by atoms with van der Waals surface area (Å²) in [7, 11) is 0. The largest absolute Gasteiger partial charge is 0.372 e. The second-order valence-corrected chi connectivity index (χ2v) is 8.44. The van der Waals surface area contributed by atoms with Gasteiger partial charge in [0.25, 0.3) is 5.56 Å². The van der Waals surface area contributed by atoms with Crippen molar-refractivity contribution in [1.82, 2.24) is 19.2 Å². The molecule has 0 saturated carbocycles. The smallest absolute Gasteiger partial charge is 0.264 e. The van der Waals surface area contributed by atoms with Gasteiger partial charge in [-0.25, -0.2) is 0 Å². The van der Waals surface area contributed by atoms with E-state index in [4.69, 9.17) is 4.74 Å². The first-order valence-electron chi connectivity index (χ1n) is 9.16. The number of hydrogen-bond acceptors (Lipinski definition) is 5. The number of thiophene rings is 1. The van der Waals surface area contributed by atoms with Gasteiger partial charge in [0, 0.05) is 11.3 Å². The van der Waals surface area contributed by atoms with Crippen LogP contribution >= 0.6 is 11.3 Å².